The van der Waals surface area contributed by atoms with Gasteiger partial charge in [-0.15, -0.1) is 0 Å². The maximum Gasteiger partial charge on any atom is 0.0607 e. The quantitative estimate of drug-likeness (QED) is 0.632. The van der Waals surface area contributed by atoms with E-state index in [-0.39, 0.29) is 0 Å². The van der Waals surface area contributed by atoms with Crippen molar-refractivity contribution in [3.8, 4) is 0 Å². The molecular formula is C8H15BrO. The first-order chi connectivity index (χ1) is 4.88. The fourth-order valence-corrected chi connectivity index (χ4v) is 2.40. The molecule has 60 valence electrons. The van der Waals surface area contributed by atoms with Crippen molar-refractivity contribution in [3.05, 3.63) is 0 Å². The molecule has 1 aliphatic rings. The van der Waals surface area contributed by atoms with Crippen molar-refractivity contribution in [3.63, 3.8) is 0 Å². The molecule has 0 aromatic carbocycles. The Morgan fingerprint density at radius 3 is 2.60 bits per heavy atom. The summed E-state index contributed by atoms with van der Waals surface area (Å²) < 4.78 is 5.36. The molecule has 0 aromatic rings. The first-order valence-corrected chi connectivity index (χ1v) is 5.09. The normalized spacial score (nSPS) is 34.2. The lowest BCUT2D eigenvalue weighted by molar-refractivity contribution is 0.0332. The van der Waals surface area contributed by atoms with Gasteiger partial charge in [0.2, 0.25) is 0 Å². The summed E-state index contributed by atoms with van der Waals surface area (Å²) in [7, 11) is 1.83. The van der Waals surface area contributed by atoms with Crippen LogP contribution in [0.4, 0.5) is 0 Å². The van der Waals surface area contributed by atoms with E-state index in [2.05, 4.69) is 15.9 Å². The fraction of sp³-hybridized carbons (Fsp3) is 1.00. The molecule has 1 rings (SSSR count). The van der Waals surface area contributed by atoms with E-state index in [1.165, 1.54) is 25.7 Å². The Bertz CT molecular complexity index is 83.3. The van der Waals surface area contributed by atoms with Crippen molar-refractivity contribution in [2.45, 2.75) is 31.8 Å². The molecule has 2 unspecified atom stereocenters. The van der Waals surface area contributed by atoms with Crippen molar-refractivity contribution in [1.82, 2.24) is 0 Å². The van der Waals surface area contributed by atoms with E-state index in [9.17, 15) is 0 Å². The number of rotatable bonds is 2. The van der Waals surface area contributed by atoms with Crippen LogP contribution in [0.15, 0.2) is 0 Å². The summed E-state index contributed by atoms with van der Waals surface area (Å²) in [5, 5.41) is 1.10. The van der Waals surface area contributed by atoms with Crippen molar-refractivity contribution in [2.75, 3.05) is 12.4 Å². The third-order valence-electron chi connectivity index (χ3n) is 2.34. The van der Waals surface area contributed by atoms with E-state index in [0.29, 0.717) is 6.10 Å². The zero-order valence-electron chi connectivity index (χ0n) is 6.48. The van der Waals surface area contributed by atoms with E-state index in [1.54, 1.807) is 0 Å². The van der Waals surface area contributed by atoms with Crippen LogP contribution in [0.1, 0.15) is 25.7 Å². The van der Waals surface area contributed by atoms with Gasteiger partial charge in [-0.25, -0.2) is 0 Å². The average molecular weight is 207 g/mol. The molecule has 10 heavy (non-hydrogen) atoms. The second kappa shape index (κ2) is 4.35. The van der Waals surface area contributed by atoms with Crippen LogP contribution in [0, 0.1) is 5.92 Å². The van der Waals surface area contributed by atoms with E-state index >= 15 is 0 Å². The number of halogens is 1. The molecule has 2 heteroatoms. The Kier molecular flexibility index (Phi) is 3.71. The van der Waals surface area contributed by atoms with Gasteiger partial charge in [-0.05, 0) is 18.8 Å². The fourth-order valence-electron chi connectivity index (χ4n) is 1.66. The monoisotopic (exact) mass is 206 g/mol. The molecule has 0 N–H and O–H groups in total. The highest BCUT2D eigenvalue weighted by molar-refractivity contribution is 9.09. The van der Waals surface area contributed by atoms with Crippen LogP contribution in [0.2, 0.25) is 0 Å². The van der Waals surface area contributed by atoms with Gasteiger partial charge >= 0.3 is 0 Å². The predicted molar refractivity (Wildman–Crippen MR) is 46.5 cm³/mol. The molecule has 0 aromatic heterocycles. The van der Waals surface area contributed by atoms with E-state index < -0.39 is 0 Å². The first kappa shape index (κ1) is 8.54. The molecule has 0 heterocycles. The first-order valence-electron chi connectivity index (χ1n) is 3.97. The minimum Gasteiger partial charge on any atom is -0.381 e. The largest absolute Gasteiger partial charge is 0.381 e. The molecular weight excluding hydrogens is 192 g/mol. The Labute approximate surface area is 71.3 Å². The number of hydrogen-bond acceptors (Lipinski definition) is 1. The van der Waals surface area contributed by atoms with Crippen molar-refractivity contribution >= 4 is 15.9 Å². The van der Waals surface area contributed by atoms with Crippen LogP contribution >= 0.6 is 15.9 Å². The maximum absolute atomic E-state index is 5.36. The SMILES string of the molecule is COC1CCCCC1CBr. The maximum atomic E-state index is 5.36. The van der Waals surface area contributed by atoms with Gasteiger partial charge in [-0.3, -0.25) is 0 Å². The molecule has 1 fully saturated rings. The minimum absolute atomic E-state index is 0.521. The zero-order valence-corrected chi connectivity index (χ0v) is 8.06. The van der Waals surface area contributed by atoms with Gasteiger partial charge in [-0.1, -0.05) is 28.8 Å². The summed E-state index contributed by atoms with van der Waals surface area (Å²) >= 11 is 3.51. The Balaban J connectivity index is 2.34. The predicted octanol–water partition coefficient (Wildman–Crippen LogP) is 2.59. The lowest BCUT2D eigenvalue weighted by Crippen LogP contribution is -2.27. The third-order valence-corrected chi connectivity index (χ3v) is 3.17. The van der Waals surface area contributed by atoms with Gasteiger partial charge in [0.05, 0.1) is 6.10 Å². The van der Waals surface area contributed by atoms with Gasteiger partial charge in [0.15, 0.2) is 0 Å². The summed E-state index contributed by atoms with van der Waals surface area (Å²) in [6.07, 6.45) is 5.85. The molecule has 0 aliphatic heterocycles. The van der Waals surface area contributed by atoms with Crippen molar-refractivity contribution in [2.24, 2.45) is 5.92 Å². The summed E-state index contributed by atoms with van der Waals surface area (Å²) in [6.45, 7) is 0. The lowest BCUT2D eigenvalue weighted by atomic mass is 9.88. The Hall–Kier alpha value is 0.440. The van der Waals surface area contributed by atoms with Crippen molar-refractivity contribution in [1.29, 1.82) is 0 Å². The average Bonchev–Trinajstić information content (AvgIpc) is 2.04. The minimum atomic E-state index is 0.521. The van der Waals surface area contributed by atoms with Crippen molar-refractivity contribution < 1.29 is 4.74 Å². The smallest absolute Gasteiger partial charge is 0.0607 e. The number of methoxy groups -OCH3 is 1. The van der Waals surface area contributed by atoms with E-state index in [0.717, 1.165) is 11.2 Å². The Morgan fingerprint density at radius 2 is 2.10 bits per heavy atom. The van der Waals surface area contributed by atoms with E-state index in [4.69, 9.17) is 4.74 Å². The summed E-state index contributed by atoms with van der Waals surface area (Å²) in [4.78, 5) is 0. The molecule has 1 saturated carbocycles. The summed E-state index contributed by atoms with van der Waals surface area (Å²) in [6, 6.07) is 0. The molecule has 0 radical (unpaired) electrons. The molecule has 1 aliphatic carbocycles. The van der Waals surface area contributed by atoms with Gasteiger partial charge in [0.25, 0.3) is 0 Å². The summed E-state index contributed by atoms with van der Waals surface area (Å²) in [5.74, 6) is 0.763. The highest BCUT2D eigenvalue weighted by Gasteiger charge is 2.23. The van der Waals surface area contributed by atoms with Crippen LogP contribution in [0.3, 0.4) is 0 Å². The molecule has 0 bridgehead atoms. The van der Waals surface area contributed by atoms with Crippen LogP contribution < -0.4 is 0 Å². The standard InChI is InChI=1S/C8H15BrO/c1-10-8-5-3-2-4-7(8)6-9/h7-8H,2-6H2,1H3. The second-order valence-electron chi connectivity index (χ2n) is 2.97. The van der Waals surface area contributed by atoms with Crippen LogP contribution in [-0.4, -0.2) is 18.5 Å². The third kappa shape index (κ3) is 1.96. The van der Waals surface area contributed by atoms with Crippen LogP contribution in [0.25, 0.3) is 0 Å². The molecule has 0 saturated heterocycles. The number of hydrogen-bond donors (Lipinski definition) is 0. The van der Waals surface area contributed by atoms with Gasteiger partial charge < -0.3 is 4.74 Å². The van der Waals surface area contributed by atoms with Crippen LogP contribution in [0.5, 0.6) is 0 Å². The highest BCUT2D eigenvalue weighted by Crippen LogP contribution is 2.27. The number of ether oxygens (including phenoxy) is 1. The van der Waals surface area contributed by atoms with Gasteiger partial charge in [0.1, 0.15) is 0 Å². The number of alkyl halides is 1. The van der Waals surface area contributed by atoms with Crippen LogP contribution in [-0.2, 0) is 4.74 Å². The Morgan fingerprint density at radius 1 is 1.40 bits per heavy atom. The highest BCUT2D eigenvalue weighted by atomic mass is 79.9. The lowest BCUT2D eigenvalue weighted by Gasteiger charge is -2.28. The molecule has 0 spiro atoms. The zero-order chi connectivity index (χ0) is 7.40. The van der Waals surface area contributed by atoms with Gasteiger partial charge in [0, 0.05) is 12.4 Å². The van der Waals surface area contributed by atoms with Gasteiger partial charge in [-0.2, -0.15) is 0 Å². The van der Waals surface area contributed by atoms with E-state index in [1.807, 2.05) is 7.11 Å². The molecule has 0 amide bonds. The second-order valence-corrected chi connectivity index (χ2v) is 3.62. The topological polar surface area (TPSA) is 9.23 Å². The summed E-state index contributed by atoms with van der Waals surface area (Å²) in [5.41, 5.74) is 0. The molecule has 1 nitrogen and oxygen atoms in total. The molecule has 2 atom stereocenters.